The topological polar surface area (TPSA) is 47.6 Å². The monoisotopic (exact) mass is 327 g/mol. The molecule has 0 unspecified atom stereocenters. The van der Waals surface area contributed by atoms with Crippen LogP contribution in [0.15, 0.2) is 54.7 Å². The molecule has 0 atom stereocenters. The Morgan fingerprint density at radius 3 is 2.83 bits per heavy atom. The largest absolute Gasteiger partial charge is 0.454 e. The van der Waals surface area contributed by atoms with Crippen LogP contribution < -0.4 is 14.8 Å². The normalized spacial score (nSPS) is 13.6. The summed E-state index contributed by atoms with van der Waals surface area (Å²) in [6.45, 7) is 5.15. The van der Waals surface area contributed by atoms with E-state index in [1.54, 1.807) is 12.2 Å². The molecule has 4 heteroatoms. The van der Waals surface area contributed by atoms with Crippen molar-refractivity contribution in [3.8, 4) is 11.5 Å². The third-order valence-electron chi connectivity index (χ3n) is 3.41. The average Bonchev–Trinajstić information content (AvgIpc) is 3.03. The number of rotatable bonds is 8. The number of hydrogen-bond donors (Lipinski definition) is 1. The van der Waals surface area contributed by atoms with Gasteiger partial charge in [0.05, 0.1) is 0 Å². The first kappa shape index (κ1) is 17.9. The second kappa shape index (κ2) is 9.60. The van der Waals surface area contributed by atoms with Gasteiger partial charge < -0.3 is 14.8 Å². The summed E-state index contributed by atoms with van der Waals surface area (Å²) in [5.41, 5.74) is 1.20. The van der Waals surface area contributed by atoms with E-state index in [1.165, 1.54) is 5.56 Å². The zero-order valence-electron chi connectivity index (χ0n) is 14.3. The van der Waals surface area contributed by atoms with Gasteiger partial charge >= 0.3 is 0 Å². The molecule has 0 fully saturated rings. The van der Waals surface area contributed by atoms with Crippen molar-refractivity contribution in [1.29, 1.82) is 0 Å². The van der Waals surface area contributed by atoms with Crippen molar-refractivity contribution in [3.05, 3.63) is 60.2 Å². The van der Waals surface area contributed by atoms with Crippen LogP contribution in [0.3, 0.4) is 0 Å². The highest BCUT2D eigenvalue weighted by atomic mass is 16.7. The first-order chi connectivity index (χ1) is 11.6. The molecular formula is C20H25NO3. The van der Waals surface area contributed by atoms with Crippen molar-refractivity contribution in [2.24, 2.45) is 5.92 Å². The molecule has 1 aliphatic rings. The Hall–Kier alpha value is -2.49. The molecule has 0 aromatic heterocycles. The Bertz CT molecular complexity index is 630. The van der Waals surface area contributed by atoms with E-state index in [0.717, 1.165) is 24.3 Å². The quantitative estimate of drug-likeness (QED) is 0.449. The lowest BCUT2D eigenvalue weighted by atomic mass is 10.1. The van der Waals surface area contributed by atoms with Crippen LogP contribution in [0.5, 0.6) is 11.5 Å². The smallest absolute Gasteiger partial charge is 0.243 e. The summed E-state index contributed by atoms with van der Waals surface area (Å²) in [5.74, 6) is 2.05. The van der Waals surface area contributed by atoms with Crippen LogP contribution in [-0.4, -0.2) is 19.2 Å². The fraction of sp³-hybridized carbons (Fsp3) is 0.350. The molecular weight excluding hydrogens is 302 g/mol. The highest BCUT2D eigenvalue weighted by molar-refractivity contribution is 5.87. The van der Waals surface area contributed by atoms with Crippen LogP contribution in [0.1, 0.15) is 25.8 Å². The number of nitrogens with one attached hydrogen (secondary N) is 1. The van der Waals surface area contributed by atoms with Crippen LogP contribution in [0, 0.1) is 5.92 Å². The number of fused-ring (bicyclic) bond motifs is 1. The van der Waals surface area contributed by atoms with E-state index in [2.05, 4.69) is 31.3 Å². The van der Waals surface area contributed by atoms with Gasteiger partial charge in [0.2, 0.25) is 12.7 Å². The van der Waals surface area contributed by atoms with Crippen molar-refractivity contribution >= 4 is 5.91 Å². The Balaban J connectivity index is 1.64. The summed E-state index contributed by atoms with van der Waals surface area (Å²) >= 11 is 0. The molecule has 0 radical (unpaired) electrons. The molecule has 1 N–H and O–H groups in total. The lowest BCUT2D eigenvalue weighted by Gasteiger charge is -2.03. The summed E-state index contributed by atoms with van der Waals surface area (Å²) in [5, 5.41) is 2.84. The minimum absolute atomic E-state index is 0.0494. The molecule has 0 aliphatic carbocycles. The van der Waals surface area contributed by atoms with Crippen molar-refractivity contribution in [2.75, 3.05) is 13.3 Å². The fourth-order valence-corrected chi connectivity index (χ4v) is 2.13. The average molecular weight is 327 g/mol. The Morgan fingerprint density at radius 2 is 2.00 bits per heavy atom. The summed E-state index contributed by atoms with van der Waals surface area (Å²) in [6.07, 6.45) is 13.1. The van der Waals surface area contributed by atoms with Crippen molar-refractivity contribution in [1.82, 2.24) is 5.32 Å². The van der Waals surface area contributed by atoms with Gasteiger partial charge in [-0.2, -0.15) is 0 Å². The molecule has 2 rings (SSSR count). The zero-order chi connectivity index (χ0) is 17.2. The Kier molecular flexibility index (Phi) is 7.15. The summed E-state index contributed by atoms with van der Waals surface area (Å²) in [4.78, 5) is 11.5. The molecule has 4 nitrogen and oxygen atoms in total. The van der Waals surface area contributed by atoms with E-state index in [4.69, 9.17) is 9.47 Å². The molecule has 1 aromatic rings. The highest BCUT2D eigenvalue weighted by Gasteiger charge is 2.12. The molecule has 24 heavy (non-hydrogen) atoms. The van der Waals surface area contributed by atoms with Gasteiger partial charge in [-0.05, 0) is 36.5 Å². The summed E-state index contributed by atoms with van der Waals surface area (Å²) in [6, 6.07) is 6.01. The van der Waals surface area contributed by atoms with E-state index in [-0.39, 0.29) is 5.91 Å². The molecule has 0 spiro atoms. The maximum Gasteiger partial charge on any atom is 0.243 e. The van der Waals surface area contributed by atoms with E-state index >= 15 is 0 Å². The van der Waals surface area contributed by atoms with Crippen molar-refractivity contribution < 1.29 is 14.3 Å². The van der Waals surface area contributed by atoms with Gasteiger partial charge in [-0.25, -0.2) is 0 Å². The highest BCUT2D eigenvalue weighted by Crippen LogP contribution is 2.32. The molecule has 1 aliphatic heterocycles. The Morgan fingerprint density at radius 1 is 1.17 bits per heavy atom. The SMILES string of the molecule is CC(C)CNC(=O)/C=C/C=C/C/C=C/Cc1ccc2c(c1)OCO2. The second-order valence-electron chi connectivity index (χ2n) is 6.03. The number of allylic oxidation sites excluding steroid dienone is 5. The number of benzene rings is 1. The van der Waals surface area contributed by atoms with Gasteiger partial charge in [0.1, 0.15) is 0 Å². The number of hydrogen-bond acceptors (Lipinski definition) is 3. The van der Waals surface area contributed by atoms with Crippen molar-refractivity contribution in [2.45, 2.75) is 26.7 Å². The first-order valence-corrected chi connectivity index (χ1v) is 8.29. The maximum atomic E-state index is 11.5. The van der Waals surface area contributed by atoms with Gasteiger partial charge in [0.25, 0.3) is 0 Å². The van der Waals surface area contributed by atoms with E-state index in [1.807, 2.05) is 30.4 Å². The van der Waals surface area contributed by atoms with E-state index in [9.17, 15) is 4.79 Å². The maximum absolute atomic E-state index is 11.5. The second-order valence-corrected chi connectivity index (χ2v) is 6.03. The Labute approximate surface area is 143 Å². The standard InChI is InChI=1S/C20H25NO3/c1-16(2)14-21-20(22)10-8-6-4-3-5-7-9-17-11-12-18-19(13-17)24-15-23-18/h4-8,10-13,16H,3,9,14-15H2,1-2H3,(H,21,22)/b6-4+,7-5+,10-8+. The molecule has 1 amide bonds. The minimum Gasteiger partial charge on any atom is -0.454 e. The minimum atomic E-state index is -0.0494. The number of ether oxygens (including phenoxy) is 2. The molecule has 0 saturated heterocycles. The predicted octanol–water partition coefficient (Wildman–Crippen LogP) is 3.79. The molecule has 0 saturated carbocycles. The van der Waals surface area contributed by atoms with Gasteiger partial charge in [-0.1, -0.05) is 50.3 Å². The lowest BCUT2D eigenvalue weighted by molar-refractivity contribution is -0.116. The number of carbonyl (C=O) groups is 1. The number of amides is 1. The third-order valence-corrected chi connectivity index (χ3v) is 3.41. The van der Waals surface area contributed by atoms with Crippen LogP contribution >= 0.6 is 0 Å². The van der Waals surface area contributed by atoms with E-state index in [0.29, 0.717) is 19.3 Å². The first-order valence-electron chi connectivity index (χ1n) is 8.29. The molecule has 1 aromatic carbocycles. The summed E-state index contributed by atoms with van der Waals surface area (Å²) in [7, 11) is 0. The van der Waals surface area contributed by atoms with Gasteiger partial charge in [-0.15, -0.1) is 0 Å². The molecule has 1 heterocycles. The van der Waals surface area contributed by atoms with Crippen LogP contribution in [0.25, 0.3) is 0 Å². The van der Waals surface area contributed by atoms with Gasteiger partial charge in [0.15, 0.2) is 11.5 Å². The van der Waals surface area contributed by atoms with Crippen LogP contribution in [0.2, 0.25) is 0 Å². The van der Waals surface area contributed by atoms with Crippen LogP contribution in [-0.2, 0) is 11.2 Å². The van der Waals surface area contributed by atoms with E-state index < -0.39 is 0 Å². The van der Waals surface area contributed by atoms with Gasteiger partial charge in [-0.3, -0.25) is 4.79 Å². The van der Waals surface area contributed by atoms with Gasteiger partial charge in [0, 0.05) is 12.6 Å². The lowest BCUT2D eigenvalue weighted by Crippen LogP contribution is -2.25. The molecule has 128 valence electrons. The zero-order valence-corrected chi connectivity index (χ0v) is 14.3. The summed E-state index contributed by atoms with van der Waals surface area (Å²) < 4.78 is 10.7. The molecule has 0 bridgehead atoms. The fourth-order valence-electron chi connectivity index (χ4n) is 2.13. The predicted molar refractivity (Wildman–Crippen MR) is 96.2 cm³/mol. The van der Waals surface area contributed by atoms with Crippen LogP contribution in [0.4, 0.5) is 0 Å². The van der Waals surface area contributed by atoms with Crippen molar-refractivity contribution in [3.63, 3.8) is 0 Å². The number of carbonyl (C=O) groups excluding carboxylic acids is 1. The third kappa shape index (κ3) is 6.32.